The Morgan fingerprint density at radius 1 is 1.47 bits per heavy atom. The van der Waals surface area contributed by atoms with Gasteiger partial charge in [0.25, 0.3) is 0 Å². The first kappa shape index (κ1) is 10.7. The molecule has 0 bridgehead atoms. The van der Waals surface area contributed by atoms with E-state index in [2.05, 4.69) is 30.8 Å². The summed E-state index contributed by atoms with van der Waals surface area (Å²) in [5.74, 6) is 0.534. The summed E-state index contributed by atoms with van der Waals surface area (Å²) in [4.78, 5) is 0. The largest absolute Gasteiger partial charge is 0.313 e. The quantitative estimate of drug-likeness (QED) is 0.804. The van der Waals surface area contributed by atoms with Gasteiger partial charge in [0, 0.05) is 24.3 Å². The number of aryl methyl sites for hydroxylation is 1. The zero-order chi connectivity index (χ0) is 10.8. The van der Waals surface area contributed by atoms with Crippen molar-refractivity contribution in [1.82, 2.24) is 15.1 Å². The van der Waals surface area contributed by atoms with Gasteiger partial charge in [0.2, 0.25) is 0 Å². The Bertz CT molecular complexity index is 339. The average molecular weight is 207 g/mol. The number of aromatic nitrogens is 2. The molecule has 1 aliphatic heterocycles. The van der Waals surface area contributed by atoms with Gasteiger partial charge in [-0.25, -0.2) is 0 Å². The van der Waals surface area contributed by atoms with Crippen LogP contribution in [-0.4, -0.2) is 16.3 Å². The number of nitrogens with zero attached hydrogens (tertiary/aromatic N) is 2. The second-order valence-corrected chi connectivity index (χ2v) is 4.56. The maximum absolute atomic E-state index is 4.73. The lowest BCUT2D eigenvalue weighted by molar-refractivity contribution is 0.591. The van der Waals surface area contributed by atoms with E-state index in [0.717, 1.165) is 19.6 Å². The summed E-state index contributed by atoms with van der Waals surface area (Å²) in [6.07, 6.45) is 2.41. The highest BCUT2D eigenvalue weighted by atomic mass is 15.3. The van der Waals surface area contributed by atoms with Crippen LogP contribution in [-0.2, 0) is 19.5 Å². The van der Waals surface area contributed by atoms with Gasteiger partial charge in [-0.05, 0) is 32.2 Å². The van der Waals surface area contributed by atoms with Crippen LogP contribution in [0.2, 0.25) is 0 Å². The zero-order valence-electron chi connectivity index (χ0n) is 10.0. The summed E-state index contributed by atoms with van der Waals surface area (Å²) in [6, 6.07) is 0. The lowest BCUT2D eigenvalue weighted by atomic mass is 10.0. The molecule has 1 aromatic rings. The van der Waals surface area contributed by atoms with Gasteiger partial charge >= 0.3 is 0 Å². The van der Waals surface area contributed by atoms with Crippen molar-refractivity contribution < 1.29 is 0 Å². The van der Waals surface area contributed by atoms with Gasteiger partial charge in [0.1, 0.15) is 0 Å². The van der Waals surface area contributed by atoms with Crippen LogP contribution in [0.4, 0.5) is 0 Å². The Labute approximate surface area is 91.9 Å². The SMILES string of the molecule is CCn1nc(C(C)C)c2c1CCCNC2. The first-order valence-electron chi connectivity index (χ1n) is 6.03. The number of rotatable bonds is 2. The third-order valence-electron chi connectivity index (χ3n) is 3.11. The summed E-state index contributed by atoms with van der Waals surface area (Å²) in [5.41, 5.74) is 4.22. The first-order valence-corrected chi connectivity index (χ1v) is 6.03. The maximum Gasteiger partial charge on any atom is 0.0697 e. The van der Waals surface area contributed by atoms with Crippen LogP contribution < -0.4 is 5.32 Å². The highest BCUT2D eigenvalue weighted by Gasteiger charge is 2.20. The van der Waals surface area contributed by atoms with E-state index in [1.165, 1.54) is 29.8 Å². The van der Waals surface area contributed by atoms with Crippen molar-refractivity contribution >= 4 is 0 Å². The number of fused-ring (bicyclic) bond motifs is 1. The van der Waals surface area contributed by atoms with Gasteiger partial charge < -0.3 is 5.32 Å². The smallest absolute Gasteiger partial charge is 0.0697 e. The van der Waals surface area contributed by atoms with Gasteiger partial charge in [0.05, 0.1) is 5.69 Å². The highest BCUT2D eigenvalue weighted by molar-refractivity contribution is 5.29. The van der Waals surface area contributed by atoms with Gasteiger partial charge in [-0.3, -0.25) is 4.68 Å². The summed E-state index contributed by atoms with van der Waals surface area (Å²) < 4.78 is 2.19. The van der Waals surface area contributed by atoms with E-state index in [1.54, 1.807) is 0 Å². The Kier molecular flexibility index (Phi) is 3.10. The van der Waals surface area contributed by atoms with Crippen LogP contribution in [0.15, 0.2) is 0 Å². The molecule has 3 heteroatoms. The van der Waals surface area contributed by atoms with Gasteiger partial charge in [-0.2, -0.15) is 5.10 Å². The molecule has 0 aliphatic carbocycles. The molecule has 0 aromatic carbocycles. The molecule has 2 heterocycles. The molecule has 1 aliphatic rings. The molecule has 0 radical (unpaired) electrons. The second-order valence-electron chi connectivity index (χ2n) is 4.56. The summed E-state index contributed by atoms with van der Waals surface area (Å²) >= 11 is 0. The van der Waals surface area contributed by atoms with Crippen LogP contribution >= 0.6 is 0 Å². The molecule has 1 aromatic heterocycles. The van der Waals surface area contributed by atoms with Gasteiger partial charge in [-0.1, -0.05) is 13.8 Å². The zero-order valence-corrected chi connectivity index (χ0v) is 10.0. The third kappa shape index (κ3) is 1.93. The van der Waals surface area contributed by atoms with E-state index in [-0.39, 0.29) is 0 Å². The molecule has 0 saturated carbocycles. The van der Waals surface area contributed by atoms with Crippen molar-refractivity contribution in [3.8, 4) is 0 Å². The lowest BCUT2D eigenvalue weighted by Crippen LogP contribution is -2.13. The monoisotopic (exact) mass is 207 g/mol. The molecule has 3 nitrogen and oxygen atoms in total. The normalized spacial score (nSPS) is 16.5. The molecule has 0 fully saturated rings. The minimum absolute atomic E-state index is 0.534. The van der Waals surface area contributed by atoms with E-state index in [9.17, 15) is 0 Å². The van der Waals surface area contributed by atoms with Crippen molar-refractivity contribution in [1.29, 1.82) is 0 Å². The van der Waals surface area contributed by atoms with Crippen molar-refractivity contribution in [2.24, 2.45) is 0 Å². The van der Waals surface area contributed by atoms with Gasteiger partial charge in [-0.15, -0.1) is 0 Å². The van der Waals surface area contributed by atoms with Crippen LogP contribution in [0.3, 0.4) is 0 Å². The predicted molar refractivity (Wildman–Crippen MR) is 62.0 cm³/mol. The highest BCUT2D eigenvalue weighted by Crippen LogP contribution is 2.24. The molecule has 15 heavy (non-hydrogen) atoms. The molecular formula is C12H21N3. The fourth-order valence-corrected chi connectivity index (χ4v) is 2.35. The molecule has 0 unspecified atom stereocenters. The number of hydrogen-bond donors (Lipinski definition) is 1. The standard InChI is InChI=1S/C12H21N3/c1-4-15-11-6-5-7-13-8-10(11)12(14-15)9(2)3/h9,13H,4-8H2,1-3H3. The molecule has 1 N–H and O–H groups in total. The van der Waals surface area contributed by atoms with Crippen molar-refractivity contribution in [2.45, 2.75) is 52.6 Å². The minimum atomic E-state index is 0.534. The number of hydrogen-bond acceptors (Lipinski definition) is 2. The molecule has 0 amide bonds. The molecule has 0 saturated heterocycles. The average Bonchev–Trinajstić information content (AvgIpc) is 2.41. The molecule has 0 spiro atoms. The van der Waals surface area contributed by atoms with Crippen LogP contribution in [0.5, 0.6) is 0 Å². The molecule has 2 rings (SSSR count). The van der Waals surface area contributed by atoms with E-state index < -0.39 is 0 Å². The van der Waals surface area contributed by atoms with Gasteiger partial charge in [0.15, 0.2) is 0 Å². The minimum Gasteiger partial charge on any atom is -0.313 e. The Morgan fingerprint density at radius 3 is 2.93 bits per heavy atom. The Morgan fingerprint density at radius 2 is 2.27 bits per heavy atom. The maximum atomic E-state index is 4.73. The second kappa shape index (κ2) is 4.35. The van der Waals surface area contributed by atoms with E-state index >= 15 is 0 Å². The lowest BCUT2D eigenvalue weighted by Gasteiger charge is -2.04. The molecular weight excluding hydrogens is 186 g/mol. The summed E-state index contributed by atoms with van der Waals surface area (Å²) in [6.45, 7) is 9.77. The van der Waals surface area contributed by atoms with E-state index in [4.69, 9.17) is 5.10 Å². The van der Waals surface area contributed by atoms with Crippen LogP contribution in [0.25, 0.3) is 0 Å². The van der Waals surface area contributed by atoms with Crippen molar-refractivity contribution in [3.05, 3.63) is 17.0 Å². The van der Waals surface area contributed by atoms with Crippen molar-refractivity contribution in [2.75, 3.05) is 6.54 Å². The van der Waals surface area contributed by atoms with E-state index in [0.29, 0.717) is 5.92 Å². The molecule has 0 atom stereocenters. The fourth-order valence-electron chi connectivity index (χ4n) is 2.35. The molecule has 84 valence electrons. The van der Waals surface area contributed by atoms with Crippen LogP contribution in [0, 0.1) is 0 Å². The summed E-state index contributed by atoms with van der Waals surface area (Å²) in [5, 5.41) is 8.21. The first-order chi connectivity index (χ1) is 7.24. The third-order valence-corrected chi connectivity index (χ3v) is 3.11. The topological polar surface area (TPSA) is 29.9 Å². The number of nitrogens with one attached hydrogen (secondary N) is 1. The van der Waals surface area contributed by atoms with Crippen molar-refractivity contribution in [3.63, 3.8) is 0 Å². The summed E-state index contributed by atoms with van der Waals surface area (Å²) in [7, 11) is 0. The fraction of sp³-hybridized carbons (Fsp3) is 0.750. The Hall–Kier alpha value is -0.830. The van der Waals surface area contributed by atoms with E-state index in [1.807, 2.05) is 0 Å². The van der Waals surface area contributed by atoms with Crippen LogP contribution in [0.1, 0.15) is 50.1 Å². The Balaban J connectivity index is 2.45. The predicted octanol–water partition coefficient (Wildman–Crippen LogP) is 2.06.